The fourth-order valence-electron chi connectivity index (χ4n) is 1.67. The van der Waals surface area contributed by atoms with Crippen LogP contribution in [0.3, 0.4) is 0 Å². The highest BCUT2D eigenvalue weighted by atomic mass is 16.5. The van der Waals surface area contributed by atoms with Crippen molar-refractivity contribution in [3.05, 3.63) is 23.8 Å². The maximum absolute atomic E-state index is 11.5. The molecule has 0 spiro atoms. The van der Waals surface area contributed by atoms with Gasteiger partial charge in [0.1, 0.15) is 11.8 Å². The van der Waals surface area contributed by atoms with Gasteiger partial charge in [-0.25, -0.2) is 0 Å². The number of amides is 1. The third-order valence-electron chi connectivity index (χ3n) is 2.53. The van der Waals surface area contributed by atoms with Crippen LogP contribution in [0.1, 0.15) is 11.6 Å². The Labute approximate surface area is 82.3 Å². The van der Waals surface area contributed by atoms with Crippen molar-refractivity contribution < 1.29 is 9.53 Å². The zero-order valence-electron chi connectivity index (χ0n) is 8.15. The molecule has 1 aliphatic heterocycles. The molecular formula is C10H12N2O2. The summed E-state index contributed by atoms with van der Waals surface area (Å²) in [6, 6.07) is 4.92. The lowest BCUT2D eigenvalue weighted by atomic mass is 10.1. The minimum atomic E-state index is -0.551. The number of nitrogens with zero attached hydrogens (tertiary/aromatic N) is 1. The number of anilines is 1. The molecule has 2 rings (SSSR count). The van der Waals surface area contributed by atoms with Crippen molar-refractivity contribution in [2.75, 3.05) is 19.1 Å². The number of likely N-dealkylation sites (N-methyl/N-ethyl adjacent to an activating group) is 1. The molecular weight excluding hydrogens is 180 g/mol. The van der Waals surface area contributed by atoms with Gasteiger partial charge in [-0.1, -0.05) is 0 Å². The van der Waals surface area contributed by atoms with Gasteiger partial charge in [-0.05, 0) is 18.2 Å². The van der Waals surface area contributed by atoms with Gasteiger partial charge in [0, 0.05) is 18.3 Å². The van der Waals surface area contributed by atoms with Crippen molar-refractivity contribution in [1.82, 2.24) is 0 Å². The lowest BCUT2D eigenvalue weighted by Crippen LogP contribution is -2.27. The summed E-state index contributed by atoms with van der Waals surface area (Å²) in [6.07, 6.45) is 0. The first kappa shape index (κ1) is 9.02. The number of methoxy groups -OCH3 is 1. The molecule has 1 heterocycles. The predicted octanol–water partition coefficient (Wildman–Crippen LogP) is 0.671. The van der Waals surface area contributed by atoms with Gasteiger partial charge < -0.3 is 15.4 Å². The molecule has 0 saturated carbocycles. The minimum Gasteiger partial charge on any atom is -0.497 e. The topological polar surface area (TPSA) is 55.6 Å². The van der Waals surface area contributed by atoms with Gasteiger partial charge in [-0.3, -0.25) is 4.79 Å². The number of nitrogens with two attached hydrogens (primary N) is 1. The van der Waals surface area contributed by atoms with Crippen molar-refractivity contribution in [1.29, 1.82) is 0 Å². The Kier molecular flexibility index (Phi) is 1.93. The number of hydrogen-bond donors (Lipinski definition) is 1. The standard InChI is InChI=1S/C10H12N2O2/c1-12-8-4-3-6(14-2)5-7(8)9(11)10(12)13/h3-5,9H,11H2,1-2H3. The Morgan fingerprint density at radius 2 is 2.21 bits per heavy atom. The Bertz CT molecular complexity index is 390. The highest BCUT2D eigenvalue weighted by molar-refractivity contribution is 6.04. The molecule has 0 fully saturated rings. The van der Waals surface area contributed by atoms with Crippen LogP contribution in [0.2, 0.25) is 0 Å². The lowest BCUT2D eigenvalue weighted by Gasteiger charge is -2.09. The molecule has 14 heavy (non-hydrogen) atoms. The van der Waals surface area contributed by atoms with E-state index in [4.69, 9.17) is 10.5 Å². The summed E-state index contributed by atoms with van der Waals surface area (Å²) in [4.78, 5) is 13.1. The largest absolute Gasteiger partial charge is 0.497 e. The van der Waals surface area contributed by atoms with Crippen molar-refractivity contribution in [3.63, 3.8) is 0 Å². The van der Waals surface area contributed by atoms with Crippen LogP contribution in [0.15, 0.2) is 18.2 Å². The monoisotopic (exact) mass is 192 g/mol. The van der Waals surface area contributed by atoms with E-state index in [1.165, 1.54) is 0 Å². The number of carbonyl (C=O) groups is 1. The average Bonchev–Trinajstić information content (AvgIpc) is 2.44. The van der Waals surface area contributed by atoms with Crippen molar-refractivity contribution in [3.8, 4) is 5.75 Å². The Balaban J connectivity index is 2.53. The summed E-state index contributed by atoms with van der Waals surface area (Å²) in [6.45, 7) is 0. The van der Waals surface area contributed by atoms with Gasteiger partial charge >= 0.3 is 0 Å². The number of rotatable bonds is 1. The zero-order chi connectivity index (χ0) is 10.3. The molecule has 0 aromatic heterocycles. The molecule has 1 amide bonds. The number of fused-ring (bicyclic) bond motifs is 1. The van der Waals surface area contributed by atoms with E-state index >= 15 is 0 Å². The highest BCUT2D eigenvalue weighted by Crippen LogP contribution is 2.35. The molecule has 1 unspecified atom stereocenters. The molecule has 0 aliphatic carbocycles. The molecule has 4 heteroatoms. The van der Waals surface area contributed by atoms with Crippen LogP contribution in [0.5, 0.6) is 5.75 Å². The zero-order valence-corrected chi connectivity index (χ0v) is 8.15. The van der Waals surface area contributed by atoms with Gasteiger partial charge in [-0.15, -0.1) is 0 Å². The molecule has 1 aromatic rings. The second kappa shape index (κ2) is 2.99. The van der Waals surface area contributed by atoms with E-state index in [9.17, 15) is 4.79 Å². The van der Waals surface area contributed by atoms with Crippen molar-refractivity contribution in [2.24, 2.45) is 5.73 Å². The summed E-state index contributed by atoms with van der Waals surface area (Å²) < 4.78 is 5.07. The fourth-order valence-corrected chi connectivity index (χ4v) is 1.67. The highest BCUT2D eigenvalue weighted by Gasteiger charge is 2.32. The molecule has 1 aliphatic rings. The van der Waals surface area contributed by atoms with Crippen LogP contribution in [-0.4, -0.2) is 20.1 Å². The van der Waals surface area contributed by atoms with Crippen LogP contribution in [0.4, 0.5) is 5.69 Å². The number of benzene rings is 1. The maximum atomic E-state index is 11.5. The summed E-state index contributed by atoms with van der Waals surface area (Å²) >= 11 is 0. The van der Waals surface area contributed by atoms with Crippen LogP contribution in [0, 0.1) is 0 Å². The van der Waals surface area contributed by atoms with Crippen molar-refractivity contribution in [2.45, 2.75) is 6.04 Å². The lowest BCUT2D eigenvalue weighted by molar-refractivity contribution is -0.118. The Morgan fingerprint density at radius 1 is 1.50 bits per heavy atom. The summed E-state index contributed by atoms with van der Waals surface area (Å²) in [5.74, 6) is 0.649. The third kappa shape index (κ3) is 1.08. The molecule has 74 valence electrons. The molecule has 0 saturated heterocycles. The van der Waals surface area contributed by atoms with Crippen LogP contribution in [-0.2, 0) is 4.79 Å². The molecule has 0 bridgehead atoms. The Morgan fingerprint density at radius 3 is 2.86 bits per heavy atom. The van der Waals surface area contributed by atoms with Crippen LogP contribution in [0.25, 0.3) is 0 Å². The molecule has 1 aromatic carbocycles. The van der Waals surface area contributed by atoms with Gasteiger partial charge in [0.2, 0.25) is 5.91 Å². The first-order chi connectivity index (χ1) is 6.65. The minimum absolute atomic E-state index is 0.0757. The van der Waals surface area contributed by atoms with Gasteiger partial charge in [0.25, 0.3) is 0 Å². The van der Waals surface area contributed by atoms with E-state index in [1.807, 2.05) is 12.1 Å². The molecule has 4 nitrogen and oxygen atoms in total. The van der Waals surface area contributed by atoms with E-state index in [1.54, 1.807) is 25.1 Å². The number of hydrogen-bond acceptors (Lipinski definition) is 3. The maximum Gasteiger partial charge on any atom is 0.248 e. The average molecular weight is 192 g/mol. The first-order valence-electron chi connectivity index (χ1n) is 4.36. The van der Waals surface area contributed by atoms with Gasteiger partial charge in [0.05, 0.1) is 7.11 Å². The second-order valence-corrected chi connectivity index (χ2v) is 3.30. The number of ether oxygens (including phenoxy) is 1. The van der Waals surface area contributed by atoms with Crippen LogP contribution < -0.4 is 15.4 Å². The normalized spacial score (nSPS) is 19.8. The molecule has 0 radical (unpaired) electrons. The predicted molar refractivity (Wildman–Crippen MR) is 53.3 cm³/mol. The fraction of sp³-hybridized carbons (Fsp3) is 0.300. The smallest absolute Gasteiger partial charge is 0.248 e. The van der Waals surface area contributed by atoms with E-state index < -0.39 is 6.04 Å². The SMILES string of the molecule is COc1ccc2c(c1)C(N)C(=O)N2C. The molecule has 1 atom stereocenters. The van der Waals surface area contributed by atoms with E-state index in [0.717, 1.165) is 17.0 Å². The summed E-state index contributed by atoms with van der Waals surface area (Å²) in [5, 5.41) is 0. The van der Waals surface area contributed by atoms with E-state index in [2.05, 4.69) is 0 Å². The number of carbonyl (C=O) groups excluding carboxylic acids is 1. The third-order valence-corrected chi connectivity index (χ3v) is 2.53. The molecule has 2 N–H and O–H groups in total. The first-order valence-corrected chi connectivity index (χ1v) is 4.36. The Hall–Kier alpha value is -1.55. The van der Waals surface area contributed by atoms with E-state index in [0.29, 0.717) is 0 Å². The second-order valence-electron chi connectivity index (χ2n) is 3.30. The summed E-state index contributed by atoms with van der Waals surface area (Å²) in [7, 11) is 3.31. The van der Waals surface area contributed by atoms with Crippen molar-refractivity contribution >= 4 is 11.6 Å². The van der Waals surface area contributed by atoms with E-state index in [-0.39, 0.29) is 5.91 Å². The van der Waals surface area contributed by atoms with Crippen LogP contribution >= 0.6 is 0 Å². The summed E-state index contributed by atoms with van der Waals surface area (Å²) in [5.41, 5.74) is 7.45. The quantitative estimate of drug-likeness (QED) is 0.711. The van der Waals surface area contributed by atoms with Gasteiger partial charge in [-0.2, -0.15) is 0 Å². The van der Waals surface area contributed by atoms with Gasteiger partial charge in [0.15, 0.2) is 0 Å².